The molecule has 1 N–H and O–H groups in total. The molecule has 1 fully saturated rings. The van der Waals surface area contributed by atoms with Gasteiger partial charge in [0.2, 0.25) is 0 Å². The van der Waals surface area contributed by atoms with Crippen LogP contribution in [-0.2, 0) is 17.9 Å². The van der Waals surface area contributed by atoms with Gasteiger partial charge in [-0.3, -0.25) is 4.99 Å². The first-order valence-corrected chi connectivity index (χ1v) is 9.33. The lowest BCUT2D eigenvalue weighted by Crippen LogP contribution is -2.52. The van der Waals surface area contributed by atoms with E-state index in [1.165, 1.54) is 12.1 Å². The van der Waals surface area contributed by atoms with Gasteiger partial charge in [0.25, 0.3) is 0 Å². The molecule has 0 saturated carbocycles. The number of rotatable bonds is 5. The number of aliphatic imine (C=N–C) groups is 1. The monoisotopic (exact) mass is 388 g/mol. The highest BCUT2D eigenvalue weighted by Crippen LogP contribution is 2.22. The van der Waals surface area contributed by atoms with Crippen molar-refractivity contribution in [2.24, 2.45) is 4.99 Å². The summed E-state index contributed by atoms with van der Waals surface area (Å²) in [5, 5.41) is 3.40. The number of halogens is 2. The molecule has 7 heteroatoms. The molecule has 2 aromatic carbocycles. The van der Waals surface area contributed by atoms with Crippen LogP contribution in [0.1, 0.15) is 11.1 Å². The Labute approximate surface area is 164 Å². The molecular formula is C21H26F2N4O. The summed E-state index contributed by atoms with van der Waals surface area (Å²) in [6, 6.07) is 11.7. The quantitative estimate of drug-likeness (QED) is 0.632. The highest BCUT2D eigenvalue weighted by atomic mass is 19.1. The minimum absolute atomic E-state index is 0.316. The molecule has 0 aromatic heterocycles. The fourth-order valence-electron chi connectivity index (χ4n) is 3.42. The Bertz CT molecular complexity index is 820. The van der Waals surface area contributed by atoms with Gasteiger partial charge < -0.3 is 19.9 Å². The van der Waals surface area contributed by atoms with Crippen LogP contribution >= 0.6 is 0 Å². The second-order valence-electron chi connectivity index (χ2n) is 6.67. The van der Waals surface area contributed by atoms with Gasteiger partial charge >= 0.3 is 0 Å². The van der Waals surface area contributed by atoms with E-state index < -0.39 is 11.6 Å². The van der Waals surface area contributed by atoms with Crippen LogP contribution < -0.4 is 10.2 Å². The third-order valence-electron chi connectivity index (χ3n) is 4.90. The normalized spacial score (nSPS) is 15.1. The van der Waals surface area contributed by atoms with Gasteiger partial charge in [0.05, 0.1) is 12.3 Å². The van der Waals surface area contributed by atoms with Crippen LogP contribution in [0.2, 0.25) is 0 Å². The Hall–Kier alpha value is -2.67. The maximum atomic E-state index is 14.0. The standard InChI is InChI=1S/C21H26F2N4O/c1-24-21(25-14-16-5-3-4-6-17(16)15-28-2)27-11-9-26(10-12-27)20-13-18(22)7-8-19(20)23/h3-8,13H,9-12,14-15H2,1-2H3,(H,24,25). The largest absolute Gasteiger partial charge is 0.380 e. The fourth-order valence-corrected chi connectivity index (χ4v) is 3.42. The number of ether oxygens (including phenoxy) is 1. The van der Waals surface area contributed by atoms with E-state index in [4.69, 9.17) is 4.74 Å². The molecule has 150 valence electrons. The number of anilines is 1. The van der Waals surface area contributed by atoms with Gasteiger partial charge in [-0.2, -0.15) is 0 Å². The molecule has 1 heterocycles. The summed E-state index contributed by atoms with van der Waals surface area (Å²) >= 11 is 0. The van der Waals surface area contributed by atoms with Crippen LogP contribution in [-0.4, -0.2) is 51.2 Å². The van der Waals surface area contributed by atoms with Gasteiger partial charge in [0.1, 0.15) is 11.6 Å². The number of methoxy groups -OCH3 is 1. The average Bonchev–Trinajstić information content (AvgIpc) is 2.72. The van der Waals surface area contributed by atoms with E-state index in [9.17, 15) is 8.78 Å². The lowest BCUT2D eigenvalue weighted by molar-refractivity contribution is 0.184. The summed E-state index contributed by atoms with van der Waals surface area (Å²) in [4.78, 5) is 8.38. The van der Waals surface area contributed by atoms with Crippen LogP contribution in [0.15, 0.2) is 47.5 Å². The molecule has 0 aliphatic carbocycles. The van der Waals surface area contributed by atoms with Crippen molar-refractivity contribution in [3.8, 4) is 0 Å². The molecular weight excluding hydrogens is 362 g/mol. The Kier molecular flexibility index (Phi) is 6.81. The average molecular weight is 388 g/mol. The predicted octanol–water partition coefficient (Wildman–Crippen LogP) is 3.01. The molecule has 0 radical (unpaired) electrons. The zero-order valence-electron chi connectivity index (χ0n) is 16.3. The lowest BCUT2D eigenvalue weighted by Gasteiger charge is -2.37. The molecule has 3 rings (SSSR count). The number of benzene rings is 2. The minimum atomic E-state index is -0.425. The number of piperazine rings is 1. The zero-order valence-corrected chi connectivity index (χ0v) is 16.3. The topological polar surface area (TPSA) is 40.1 Å². The Morgan fingerprint density at radius 1 is 1.07 bits per heavy atom. The molecule has 0 amide bonds. The third-order valence-corrected chi connectivity index (χ3v) is 4.90. The van der Waals surface area contributed by atoms with Crippen LogP contribution in [0, 0.1) is 11.6 Å². The Morgan fingerprint density at radius 2 is 1.79 bits per heavy atom. The molecule has 0 spiro atoms. The van der Waals surface area contributed by atoms with Crippen molar-refractivity contribution in [2.75, 3.05) is 45.2 Å². The second-order valence-corrected chi connectivity index (χ2v) is 6.67. The Morgan fingerprint density at radius 3 is 2.46 bits per heavy atom. The van der Waals surface area contributed by atoms with Gasteiger partial charge in [-0.05, 0) is 23.3 Å². The Balaban J connectivity index is 1.59. The van der Waals surface area contributed by atoms with Crippen molar-refractivity contribution in [2.45, 2.75) is 13.2 Å². The van der Waals surface area contributed by atoms with Crippen molar-refractivity contribution in [3.63, 3.8) is 0 Å². The first-order valence-electron chi connectivity index (χ1n) is 9.33. The zero-order chi connectivity index (χ0) is 19.9. The van der Waals surface area contributed by atoms with E-state index in [2.05, 4.69) is 27.3 Å². The summed E-state index contributed by atoms with van der Waals surface area (Å²) in [7, 11) is 3.44. The van der Waals surface area contributed by atoms with Gasteiger partial charge in [-0.1, -0.05) is 24.3 Å². The highest BCUT2D eigenvalue weighted by molar-refractivity contribution is 5.80. The number of hydrogen-bond acceptors (Lipinski definition) is 3. The SMILES string of the molecule is CN=C(NCc1ccccc1COC)N1CCN(c2cc(F)ccc2F)CC1. The summed E-state index contributed by atoms with van der Waals surface area (Å²) in [6.07, 6.45) is 0. The van der Waals surface area contributed by atoms with Crippen LogP contribution in [0.3, 0.4) is 0 Å². The summed E-state index contributed by atoms with van der Waals surface area (Å²) in [5.74, 6) is -0.0234. The third kappa shape index (κ3) is 4.78. The molecule has 5 nitrogen and oxygen atoms in total. The van der Waals surface area contributed by atoms with Gasteiger partial charge in [-0.15, -0.1) is 0 Å². The predicted molar refractivity (Wildman–Crippen MR) is 107 cm³/mol. The number of guanidine groups is 1. The highest BCUT2D eigenvalue weighted by Gasteiger charge is 2.22. The summed E-state index contributed by atoms with van der Waals surface area (Å²) in [6.45, 7) is 3.76. The maximum absolute atomic E-state index is 14.0. The molecule has 0 unspecified atom stereocenters. The van der Waals surface area contributed by atoms with Crippen molar-refractivity contribution >= 4 is 11.6 Å². The fraction of sp³-hybridized carbons (Fsp3) is 0.381. The van der Waals surface area contributed by atoms with Crippen LogP contribution in [0.4, 0.5) is 14.5 Å². The van der Waals surface area contributed by atoms with E-state index in [1.54, 1.807) is 14.2 Å². The molecule has 0 atom stereocenters. The van der Waals surface area contributed by atoms with Gasteiger partial charge in [0, 0.05) is 52.9 Å². The first kappa shape index (κ1) is 20.1. The van der Waals surface area contributed by atoms with Gasteiger partial charge in [0.15, 0.2) is 5.96 Å². The molecule has 1 aliphatic heterocycles. The lowest BCUT2D eigenvalue weighted by atomic mass is 10.1. The van der Waals surface area contributed by atoms with Crippen molar-refractivity contribution in [1.29, 1.82) is 0 Å². The minimum Gasteiger partial charge on any atom is -0.380 e. The van der Waals surface area contributed by atoms with E-state index in [-0.39, 0.29) is 0 Å². The van der Waals surface area contributed by atoms with Crippen molar-refractivity contribution in [3.05, 3.63) is 65.2 Å². The smallest absolute Gasteiger partial charge is 0.194 e. The number of nitrogens with zero attached hydrogens (tertiary/aromatic N) is 3. The molecule has 28 heavy (non-hydrogen) atoms. The van der Waals surface area contributed by atoms with E-state index in [0.717, 1.165) is 23.2 Å². The van der Waals surface area contributed by atoms with Crippen molar-refractivity contribution < 1.29 is 13.5 Å². The van der Waals surface area contributed by atoms with E-state index in [1.807, 2.05) is 17.0 Å². The van der Waals surface area contributed by atoms with E-state index in [0.29, 0.717) is 45.0 Å². The maximum Gasteiger partial charge on any atom is 0.194 e. The second kappa shape index (κ2) is 9.50. The van der Waals surface area contributed by atoms with Crippen LogP contribution in [0.5, 0.6) is 0 Å². The van der Waals surface area contributed by atoms with Crippen molar-refractivity contribution in [1.82, 2.24) is 10.2 Å². The van der Waals surface area contributed by atoms with E-state index >= 15 is 0 Å². The summed E-state index contributed by atoms with van der Waals surface area (Å²) < 4.78 is 32.7. The molecule has 1 aliphatic rings. The summed E-state index contributed by atoms with van der Waals surface area (Å²) in [5.41, 5.74) is 2.61. The number of hydrogen-bond donors (Lipinski definition) is 1. The first-order chi connectivity index (χ1) is 13.6. The molecule has 0 bridgehead atoms. The van der Waals surface area contributed by atoms with Crippen LogP contribution in [0.25, 0.3) is 0 Å². The van der Waals surface area contributed by atoms with Gasteiger partial charge in [-0.25, -0.2) is 8.78 Å². The molecule has 1 saturated heterocycles. The number of nitrogens with one attached hydrogen (secondary N) is 1. The molecule has 2 aromatic rings.